The highest BCUT2D eigenvalue weighted by Gasteiger charge is 1.75. The van der Waals surface area contributed by atoms with Crippen LogP contribution in [0.15, 0.2) is 11.6 Å². The minimum absolute atomic E-state index is 0.318. The molecule has 0 atom stereocenters. The summed E-state index contributed by atoms with van der Waals surface area (Å²) in [5.41, 5.74) is 0. The van der Waals surface area contributed by atoms with Crippen LogP contribution in [0.2, 0.25) is 0 Å². The minimum Gasteiger partial charge on any atom is -0.211 e. The molecule has 0 nitrogen and oxygen atoms in total. The highest BCUT2D eigenvalue weighted by molar-refractivity contribution is 6.27. The molecule has 0 aromatic heterocycles. The van der Waals surface area contributed by atoms with Crippen molar-refractivity contribution in [3.63, 3.8) is 0 Å². The predicted octanol–water partition coefficient (Wildman–Crippen LogP) is 1.96. The van der Waals surface area contributed by atoms with Crippen LogP contribution < -0.4 is 0 Å². The number of halogens is 3. The lowest BCUT2D eigenvalue weighted by Gasteiger charge is -1.61. The number of rotatable bonds is 0. The molecule has 0 aromatic carbocycles. The third-order valence-electron chi connectivity index (χ3n) is 0.0825. The van der Waals surface area contributed by atoms with E-state index < -0.39 is 5.29 Å². The Kier molecular flexibility index (Phi) is 2.10. The second-order valence-corrected chi connectivity index (χ2v) is 0.760. The van der Waals surface area contributed by atoms with Crippen molar-refractivity contribution in [2.75, 3.05) is 0 Å². The maximum atomic E-state index is 10.7. The predicted molar refractivity (Wildman–Crippen MR) is 16.2 cm³/mol. The van der Waals surface area contributed by atoms with E-state index in [1.165, 1.54) is 0 Å². The molecule has 0 aromatic rings. The monoisotopic (exact) mass is 98.0 g/mol. The van der Waals surface area contributed by atoms with Crippen LogP contribution in [0.3, 0.4) is 0 Å². The highest BCUT2D eigenvalue weighted by Crippen LogP contribution is 1.99. The van der Waals surface area contributed by atoms with Gasteiger partial charge >= 0.3 is 0 Å². The van der Waals surface area contributed by atoms with Gasteiger partial charge in [-0.1, -0.05) is 0 Å². The molecule has 30 valence electrons. The molecule has 0 heterocycles. The largest absolute Gasteiger partial charge is 0.217 e. The molecule has 3 heteroatoms. The Labute approximate surface area is 33.0 Å². The molecule has 0 aliphatic heterocycles. The molecule has 0 spiro atoms. The van der Waals surface area contributed by atoms with Crippen molar-refractivity contribution >= 4 is 11.6 Å². The van der Waals surface area contributed by atoms with Crippen molar-refractivity contribution in [3.05, 3.63) is 11.6 Å². The summed E-state index contributed by atoms with van der Waals surface area (Å²) in [5.74, 6) is 0. The van der Waals surface area contributed by atoms with Crippen LogP contribution in [-0.4, -0.2) is 0 Å². The zero-order valence-corrected chi connectivity index (χ0v) is 2.97. The Bertz CT molecular complexity index is 45.6. The summed E-state index contributed by atoms with van der Waals surface area (Å²) in [5, 5.41) is -1.31. The molecule has 0 aliphatic rings. The average Bonchev–Trinajstić information content (AvgIpc) is 1.38. The second-order valence-electron chi connectivity index (χ2n) is 0.399. The van der Waals surface area contributed by atoms with Crippen LogP contribution in [0, 0.1) is 0 Å². The van der Waals surface area contributed by atoms with Crippen LogP contribution in [0.5, 0.6) is 0 Å². The Morgan fingerprint density at radius 2 is 2.00 bits per heavy atom. The summed E-state index contributed by atoms with van der Waals surface area (Å²) >= 11 is 4.28. The summed E-state index contributed by atoms with van der Waals surface area (Å²) in [4.78, 5) is 0. The molecule has 0 saturated heterocycles. The second kappa shape index (κ2) is 2.15. The van der Waals surface area contributed by atoms with Gasteiger partial charge in [0.15, 0.2) is 0 Å². The Morgan fingerprint density at radius 3 is 2.00 bits per heavy atom. The fraction of sp³-hybridized carbons (Fsp3) is 0. The summed E-state index contributed by atoms with van der Waals surface area (Å²) in [7, 11) is 0. The standard InChI is InChI=1S/C2HClF2/c3-2(5)1-4/h1H/b2-1-. The fourth-order valence-corrected chi connectivity index (χ4v) is 0. The normalized spacial score (nSPS) is 12.2. The van der Waals surface area contributed by atoms with Crippen LogP contribution >= 0.6 is 11.6 Å². The quantitative estimate of drug-likeness (QED) is 0.435. The van der Waals surface area contributed by atoms with Crippen molar-refractivity contribution in [1.29, 1.82) is 0 Å². The fourth-order valence-electron chi connectivity index (χ4n) is 0. The molecule has 0 saturated carbocycles. The van der Waals surface area contributed by atoms with Gasteiger partial charge in [0.05, 0.1) is 0 Å². The molecule has 0 aliphatic carbocycles. The topological polar surface area (TPSA) is 0 Å². The zero-order chi connectivity index (χ0) is 4.28. The Balaban J connectivity index is 3.14. The van der Waals surface area contributed by atoms with Gasteiger partial charge in [-0.15, -0.1) is 0 Å². The van der Waals surface area contributed by atoms with E-state index in [-0.39, 0.29) is 6.33 Å². The first kappa shape index (κ1) is 4.89. The third kappa shape index (κ3) is 3.89. The molecular formula is C2HClF2. The number of hydrogen-bond donors (Lipinski definition) is 0. The molecule has 0 fully saturated rings. The molecular weight excluding hydrogens is 97.5 g/mol. The van der Waals surface area contributed by atoms with Crippen molar-refractivity contribution < 1.29 is 8.78 Å². The molecule has 0 radical (unpaired) electrons. The van der Waals surface area contributed by atoms with E-state index >= 15 is 0 Å². The van der Waals surface area contributed by atoms with E-state index in [2.05, 4.69) is 11.6 Å². The number of hydrogen-bond acceptors (Lipinski definition) is 0. The van der Waals surface area contributed by atoms with E-state index in [0.717, 1.165) is 0 Å². The van der Waals surface area contributed by atoms with E-state index in [9.17, 15) is 8.78 Å². The Hall–Kier alpha value is -0.110. The van der Waals surface area contributed by atoms with Gasteiger partial charge in [0.1, 0.15) is 6.33 Å². The maximum absolute atomic E-state index is 10.7. The first-order valence-electron chi connectivity index (χ1n) is 0.885. The van der Waals surface area contributed by atoms with Gasteiger partial charge < -0.3 is 0 Å². The third-order valence-corrected chi connectivity index (χ3v) is 0.165. The van der Waals surface area contributed by atoms with Gasteiger partial charge in [0.2, 0.25) is 5.29 Å². The van der Waals surface area contributed by atoms with Gasteiger partial charge in [-0.3, -0.25) is 0 Å². The van der Waals surface area contributed by atoms with Crippen LogP contribution in [0.25, 0.3) is 0 Å². The van der Waals surface area contributed by atoms with Gasteiger partial charge in [-0.25, -0.2) is 4.39 Å². The van der Waals surface area contributed by atoms with Crippen molar-refractivity contribution in [3.8, 4) is 0 Å². The lowest BCUT2D eigenvalue weighted by Crippen LogP contribution is -1.39. The van der Waals surface area contributed by atoms with Gasteiger partial charge in [-0.2, -0.15) is 4.39 Å². The molecule has 0 unspecified atom stereocenters. The van der Waals surface area contributed by atoms with Gasteiger partial charge in [-0.05, 0) is 11.6 Å². The first-order valence-corrected chi connectivity index (χ1v) is 1.26. The van der Waals surface area contributed by atoms with Crippen molar-refractivity contribution in [1.82, 2.24) is 0 Å². The van der Waals surface area contributed by atoms with Crippen LogP contribution in [0.1, 0.15) is 0 Å². The van der Waals surface area contributed by atoms with E-state index in [4.69, 9.17) is 0 Å². The van der Waals surface area contributed by atoms with Crippen molar-refractivity contribution in [2.45, 2.75) is 0 Å². The molecule has 0 bridgehead atoms. The van der Waals surface area contributed by atoms with Crippen LogP contribution in [0.4, 0.5) is 8.78 Å². The molecule has 5 heavy (non-hydrogen) atoms. The van der Waals surface area contributed by atoms with Crippen LogP contribution in [-0.2, 0) is 0 Å². The van der Waals surface area contributed by atoms with E-state index in [1.807, 2.05) is 0 Å². The lowest BCUT2D eigenvalue weighted by molar-refractivity contribution is 0.627. The molecule has 0 N–H and O–H groups in total. The summed E-state index contributed by atoms with van der Waals surface area (Å²) in [6.07, 6.45) is -0.318. The molecule has 0 rings (SSSR count). The maximum Gasteiger partial charge on any atom is 0.217 e. The summed E-state index contributed by atoms with van der Waals surface area (Å²) < 4.78 is 21.1. The van der Waals surface area contributed by atoms with E-state index in [0.29, 0.717) is 0 Å². The summed E-state index contributed by atoms with van der Waals surface area (Å²) in [6, 6.07) is 0. The SMILES string of the molecule is F/C=C(\F)Cl. The highest BCUT2D eigenvalue weighted by atomic mass is 35.5. The first-order chi connectivity index (χ1) is 2.27. The minimum atomic E-state index is -1.31. The van der Waals surface area contributed by atoms with Crippen molar-refractivity contribution in [2.24, 2.45) is 0 Å². The van der Waals surface area contributed by atoms with Gasteiger partial charge in [0.25, 0.3) is 0 Å². The summed E-state index contributed by atoms with van der Waals surface area (Å²) in [6.45, 7) is 0. The zero-order valence-electron chi connectivity index (χ0n) is 2.21. The van der Waals surface area contributed by atoms with E-state index in [1.54, 1.807) is 0 Å². The lowest BCUT2D eigenvalue weighted by atomic mass is 11.2. The molecule has 0 amide bonds. The smallest absolute Gasteiger partial charge is 0.211 e. The average molecular weight is 98.5 g/mol. The Morgan fingerprint density at radius 1 is 1.80 bits per heavy atom. The van der Waals surface area contributed by atoms with Gasteiger partial charge in [0, 0.05) is 0 Å².